The molecule has 1 heterocycles. The van der Waals surface area contributed by atoms with Crippen LogP contribution in [-0.4, -0.2) is 17.6 Å². The molecule has 0 atom stereocenters. The second-order valence-corrected chi connectivity index (χ2v) is 4.71. The molecule has 0 aliphatic carbocycles. The highest BCUT2D eigenvalue weighted by molar-refractivity contribution is 5.41. The molecule has 84 valence electrons. The van der Waals surface area contributed by atoms with Crippen LogP contribution in [0.5, 0.6) is 5.75 Å². The highest BCUT2D eigenvalue weighted by Gasteiger charge is 2.17. The minimum atomic E-state index is -0.238. The van der Waals surface area contributed by atoms with Crippen molar-refractivity contribution in [2.45, 2.75) is 39.7 Å². The molecular formula is C12H20N2O. The molecule has 3 nitrogen and oxygen atoms in total. The fraction of sp³-hybridized carbons (Fsp3) is 0.583. The Hall–Kier alpha value is -1.09. The zero-order valence-electron chi connectivity index (χ0n) is 10.2. The molecule has 0 spiro atoms. The molecule has 0 amide bonds. The average Bonchev–Trinajstić information content (AvgIpc) is 2.09. The highest BCUT2D eigenvalue weighted by atomic mass is 16.5. The summed E-state index contributed by atoms with van der Waals surface area (Å²) >= 11 is 0. The van der Waals surface area contributed by atoms with Gasteiger partial charge in [-0.05, 0) is 27.7 Å². The number of pyridine rings is 1. The van der Waals surface area contributed by atoms with Crippen LogP contribution < -0.4 is 10.5 Å². The number of aryl methyl sites for hydroxylation is 1. The van der Waals surface area contributed by atoms with Crippen molar-refractivity contribution < 1.29 is 4.74 Å². The highest BCUT2D eigenvalue weighted by Crippen LogP contribution is 2.25. The van der Waals surface area contributed by atoms with Crippen LogP contribution in [0, 0.1) is 13.8 Å². The van der Waals surface area contributed by atoms with Crippen LogP contribution >= 0.6 is 0 Å². The first-order valence-corrected chi connectivity index (χ1v) is 5.13. The van der Waals surface area contributed by atoms with E-state index in [1.807, 2.05) is 33.9 Å². The van der Waals surface area contributed by atoms with Crippen LogP contribution in [0.4, 0.5) is 0 Å². The summed E-state index contributed by atoms with van der Waals surface area (Å²) in [5, 5.41) is 0. The van der Waals surface area contributed by atoms with Gasteiger partial charge in [-0.1, -0.05) is 0 Å². The smallest absolute Gasteiger partial charge is 0.128 e. The molecule has 0 aliphatic heterocycles. The monoisotopic (exact) mass is 208 g/mol. The summed E-state index contributed by atoms with van der Waals surface area (Å²) in [6.45, 7) is 8.02. The number of nitrogens with two attached hydrogens (primary N) is 1. The summed E-state index contributed by atoms with van der Waals surface area (Å²) in [4.78, 5) is 4.41. The average molecular weight is 208 g/mol. The van der Waals surface area contributed by atoms with E-state index in [1.165, 1.54) is 0 Å². The second kappa shape index (κ2) is 4.19. The van der Waals surface area contributed by atoms with Crippen molar-refractivity contribution in [1.82, 2.24) is 4.98 Å². The summed E-state index contributed by atoms with van der Waals surface area (Å²) in [7, 11) is 1.69. The van der Waals surface area contributed by atoms with E-state index in [0.29, 0.717) is 0 Å². The Morgan fingerprint density at radius 2 is 2.00 bits per heavy atom. The first-order chi connectivity index (χ1) is 6.85. The van der Waals surface area contributed by atoms with Gasteiger partial charge in [0.15, 0.2) is 0 Å². The van der Waals surface area contributed by atoms with Crippen molar-refractivity contribution in [1.29, 1.82) is 0 Å². The lowest BCUT2D eigenvalue weighted by atomic mass is 9.96. The summed E-state index contributed by atoms with van der Waals surface area (Å²) < 4.78 is 5.35. The third-order valence-corrected chi connectivity index (χ3v) is 2.37. The lowest BCUT2D eigenvalue weighted by Gasteiger charge is -2.20. The van der Waals surface area contributed by atoms with Gasteiger partial charge in [0.05, 0.1) is 7.11 Å². The van der Waals surface area contributed by atoms with Crippen LogP contribution in [0.3, 0.4) is 0 Å². The van der Waals surface area contributed by atoms with Crippen molar-refractivity contribution in [2.24, 2.45) is 5.73 Å². The lowest BCUT2D eigenvalue weighted by Crippen LogP contribution is -2.35. The van der Waals surface area contributed by atoms with E-state index in [-0.39, 0.29) is 5.54 Å². The topological polar surface area (TPSA) is 48.1 Å². The fourth-order valence-electron chi connectivity index (χ4n) is 1.68. The van der Waals surface area contributed by atoms with E-state index in [1.54, 1.807) is 7.11 Å². The van der Waals surface area contributed by atoms with Gasteiger partial charge in [-0.25, -0.2) is 0 Å². The molecule has 0 fully saturated rings. The van der Waals surface area contributed by atoms with E-state index in [4.69, 9.17) is 10.5 Å². The third-order valence-electron chi connectivity index (χ3n) is 2.37. The maximum absolute atomic E-state index is 5.99. The summed E-state index contributed by atoms with van der Waals surface area (Å²) in [6.07, 6.45) is 2.60. The SMILES string of the molecule is COc1c(C)cnc(CC(C)(C)N)c1C. The maximum atomic E-state index is 5.99. The lowest BCUT2D eigenvalue weighted by molar-refractivity contribution is 0.405. The fourth-order valence-corrected chi connectivity index (χ4v) is 1.68. The van der Waals surface area contributed by atoms with E-state index < -0.39 is 0 Å². The van der Waals surface area contributed by atoms with Crippen LogP contribution in [0.1, 0.15) is 30.7 Å². The van der Waals surface area contributed by atoms with Gasteiger partial charge in [-0.15, -0.1) is 0 Å². The van der Waals surface area contributed by atoms with E-state index >= 15 is 0 Å². The quantitative estimate of drug-likeness (QED) is 0.826. The Labute approximate surface area is 91.7 Å². The predicted molar refractivity (Wildman–Crippen MR) is 62.2 cm³/mol. The molecular weight excluding hydrogens is 188 g/mol. The van der Waals surface area contributed by atoms with Gasteiger partial charge in [0.2, 0.25) is 0 Å². The Morgan fingerprint density at radius 1 is 1.40 bits per heavy atom. The normalized spacial score (nSPS) is 11.6. The number of aromatic nitrogens is 1. The van der Waals surface area contributed by atoms with Gasteiger partial charge >= 0.3 is 0 Å². The molecule has 1 aromatic heterocycles. The standard InChI is InChI=1S/C12H20N2O/c1-8-7-14-10(6-12(3,4)13)9(2)11(8)15-5/h7H,6,13H2,1-5H3. The van der Waals surface area contributed by atoms with Crippen molar-refractivity contribution in [3.8, 4) is 5.75 Å². The zero-order chi connectivity index (χ0) is 11.6. The van der Waals surface area contributed by atoms with Crippen molar-refractivity contribution in [3.63, 3.8) is 0 Å². The van der Waals surface area contributed by atoms with Gasteiger partial charge in [0.25, 0.3) is 0 Å². The molecule has 1 rings (SSSR count). The third kappa shape index (κ3) is 2.93. The first-order valence-electron chi connectivity index (χ1n) is 5.13. The summed E-state index contributed by atoms with van der Waals surface area (Å²) in [6, 6.07) is 0. The molecule has 0 aromatic carbocycles. The van der Waals surface area contributed by atoms with Crippen LogP contribution in [0.25, 0.3) is 0 Å². The first kappa shape index (κ1) is 12.0. The number of hydrogen-bond donors (Lipinski definition) is 1. The van der Waals surface area contributed by atoms with Crippen LogP contribution in [0.15, 0.2) is 6.20 Å². The molecule has 3 heteroatoms. The van der Waals surface area contributed by atoms with Crippen LogP contribution in [0.2, 0.25) is 0 Å². The largest absolute Gasteiger partial charge is 0.496 e. The minimum absolute atomic E-state index is 0.238. The van der Waals surface area contributed by atoms with E-state index in [0.717, 1.165) is 29.0 Å². The molecule has 0 saturated carbocycles. The van der Waals surface area contributed by atoms with Gasteiger partial charge in [-0.2, -0.15) is 0 Å². The molecule has 0 bridgehead atoms. The minimum Gasteiger partial charge on any atom is -0.496 e. The summed E-state index contributed by atoms with van der Waals surface area (Å²) in [5.41, 5.74) is 8.92. The number of methoxy groups -OCH3 is 1. The van der Waals surface area contributed by atoms with Gasteiger partial charge < -0.3 is 10.5 Å². The van der Waals surface area contributed by atoms with E-state index in [2.05, 4.69) is 4.98 Å². The number of nitrogens with zero attached hydrogens (tertiary/aromatic N) is 1. The van der Waals surface area contributed by atoms with Crippen molar-refractivity contribution >= 4 is 0 Å². The number of hydrogen-bond acceptors (Lipinski definition) is 3. The Kier molecular flexibility index (Phi) is 3.35. The number of ether oxygens (including phenoxy) is 1. The van der Waals surface area contributed by atoms with Gasteiger partial charge in [0.1, 0.15) is 5.75 Å². The molecule has 0 aliphatic rings. The van der Waals surface area contributed by atoms with Crippen molar-refractivity contribution in [2.75, 3.05) is 7.11 Å². The Balaban J connectivity index is 3.11. The van der Waals surface area contributed by atoms with Crippen molar-refractivity contribution in [3.05, 3.63) is 23.0 Å². The molecule has 2 N–H and O–H groups in total. The van der Waals surface area contributed by atoms with Gasteiger partial charge in [0, 0.05) is 35.0 Å². The Morgan fingerprint density at radius 3 is 2.47 bits per heavy atom. The Bertz CT molecular complexity index is 353. The molecule has 0 unspecified atom stereocenters. The molecule has 0 saturated heterocycles. The van der Waals surface area contributed by atoms with Crippen LogP contribution in [-0.2, 0) is 6.42 Å². The van der Waals surface area contributed by atoms with Gasteiger partial charge in [-0.3, -0.25) is 4.98 Å². The maximum Gasteiger partial charge on any atom is 0.128 e. The summed E-state index contributed by atoms with van der Waals surface area (Å²) in [5.74, 6) is 0.921. The number of rotatable bonds is 3. The molecule has 1 aromatic rings. The second-order valence-electron chi connectivity index (χ2n) is 4.71. The van der Waals surface area contributed by atoms with E-state index in [9.17, 15) is 0 Å². The predicted octanol–water partition coefficient (Wildman–Crippen LogP) is 1.99. The zero-order valence-corrected chi connectivity index (χ0v) is 10.2. The molecule has 0 radical (unpaired) electrons. The molecule has 15 heavy (non-hydrogen) atoms.